The molecule has 0 spiro atoms. The zero-order valence-electron chi connectivity index (χ0n) is 42.9. The van der Waals surface area contributed by atoms with Crippen LogP contribution >= 0.6 is 24.4 Å². The van der Waals surface area contributed by atoms with Crippen LogP contribution in [-0.4, -0.2) is 159 Å². The highest BCUT2D eigenvalue weighted by Gasteiger charge is 2.35. The number of benzene rings is 1. The van der Waals surface area contributed by atoms with Gasteiger partial charge in [0.25, 0.3) is 0 Å². The Morgan fingerprint density at radius 2 is 1.20 bits per heavy atom. The molecule has 1 heterocycles. The number of carboxylic acid groups (broad SMARTS) is 1. The number of aromatic amines is 1. The second kappa shape index (κ2) is 34.5. The number of aromatic hydroxyl groups is 1. The third kappa shape index (κ3) is 23.1. The lowest BCUT2D eigenvalue weighted by Gasteiger charge is -2.28. The minimum absolute atomic E-state index is 0.00899. The SMILES string of the molecule is CC[C@H](C)[C@H](NC(=O)[C@@H](NC(=O)[C@H](CCCCN)NC(=O)[C@H](CCCCN)NC(=O)CNC(=O)[C@H](Cc1cnc[nH]1)NC(=O)[C@H](CS)NC(=O)[C@H](Cc1ccc(O)cc1)NC(=O)[C@@H](N)CCSC)C(C)C)C(=O)O. The fraction of sp³-hybridized carbons (Fsp3) is 0.625. The molecule has 0 saturated carbocycles. The maximum atomic E-state index is 14.0. The number of carbonyl (C=O) groups is 9. The van der Waals surface area contributed by atoms with Crippen molar-refractivity contribution in [3.05, 3.63) is 48.0 Å². The van der Waals surface area contributed by atoms with Crippen molar-refractivity contribution in [2.45, 2.75) is 140 Å². The molecule has 0 bridgehead atoms. The van der Waals surface area contributed by atoms with E-state index in [9.17, 15) is 53.4 Å². The van der Waals surface area contributed by atoms with Crippen molar-refractivity contribution in [3.63, 3.8) is 0 Å². The van der Waals surface area contributed by atoms with Gasteiger partial charge in [0.05, 0.1) is 18.9 Å². The first-order valence-electron chi connectivity index (χ1n) is 24.8. The van der Waals surface area contributed by atoms with E-state index in [1.165, 1.54) is 36.4 Å². The smallest absolute Gasteiger partial charge is 0.326 e. The first kappa shape index (κ1) is 64.2. The largest absolute Gasteiger partial charge is 0.508 e. The molecular formula is C48H79N13O11S2. The van der Waals surface area contributed by atoms with Crippen LogP contribution in [0.5, 0.6) is 5.75 Å². The first-order chi connectivity index (χ1) is 35.2. The average molecular weight is 1080 g/mol. The summed E-state index contributed by atoms with van der Waals surface area (Å²) in [5.74, 6) is -7.74. The second-order valence-electron chi connectivity index (χ2n) is 18.3. The summed E-state index contributed by atoms with van der Waals surface area (Å²) in [6, 6.07) is -3.63. The molecule has 0 aliphatic rings. The minimum Gasteiger partial charge on any atom is -0.508 e. The summed E-state index contributed by atoms with van der Waals surface area (Å²) in [6.45, 7) is 6.74. The number of imidazole rings is 1. The number of hydrogen-bond donors (Lipinski definition) is 15. The predicted molar refractivity (Wildman–Crippen MR) is 283 cm³/mol. The molecule has 2 aromatic rings. The van der Waals surface area contributed by atoms with Gasteiger partial charge < -0.3 is 74.9 Å². The Kier molecular flexibility index (Phi) is 29.9. The van der Waals surface area contributed by atoms with Crippen LogP contribution in [0.4, 0.5) is 0 Å². The highest BCUT2D eigenvalue weighted by atomic mass is 32.2. The van der Waals surface area contributed by atoms with Crippen molar-refractivity contribution >= 4 is 77.6 Å². The second-order valence-corrected chi connectivity index (χ2v) is 19.7. The molecule has 74 heavy (non-hydrogen) atoms. The van der Waals surface area contributed by atoms with Gasteiger partial charge in [-0.15, -0.1) is 0 Å². The first-order valence-corrected chi connectivity index (χ1v) is 26.8. The van der Waals surface area contributed by atoms with Gasteiger partial charge in [0.2, 0.25) is 47.3 Å². The molecule has 9 atom stereocenters. The summed E-state index contributed by atoms with van der Waals surface area (Å²) in [5, 5.41) is 40.4. The van der Waals surface area contributed by atoms with E-state index in [4.69, 9.17) is 17.2 Å². The van der Waals surface area contributed by atoms with Gasteiger partial charge in [0.15, 0.2) is 0 Å². The Hall–Kier alpha value is -5.96. The predicted octanol–water partition coefficient (Wildman–Crippen LogP) is -1.53. The lowest BCUT2D eigenvalue weighted by Crippen LogP contribution is -2.60. The molecule has 414 valence electrons. The Bertz CT molecular complexity index is 2100. The molecule has 0 aliphatic carbocycles. The Balaban J connectivity index is 2.27. The molecule has 2 rings (SSSR count). The quantitative estimate of drug-likeness (QED) is 0.0272. The third-order valence-electron chi connectivity index (χ3n) is 12.0. The molecule has 0 saturated heterocycles. The van der Waals surface area contributed by atoms with E-state index in [-0.39, 0.29) is 43.7 Å². The van der Waals surface area contributed by atoms with Gasteiger partial charge in [-0.2, -0.15) is 24.4 Å². The number of phenols is 1. The number of nitrogens with two attached hydrogens (primary N) is 3. The van der Waals surface area contributed by atoms with E-state index in [0.29, 0.717) is 62.1 Å². The number of rotatable bonds is 36. The van der Waals surface area contributed by atoms with Crippen molar-refractivity contribution in [1.29, 1.82) is 0 Å². The summed E-state index contributed by atoms with van der Waals surface area (Å²) in [4.78, 5) is 128. The van der Waals surface area contributed by atoms with E-state index >= 15 is 0 Å². The van der Waals surface area contributed by atoms with Gasteiger partial charge in [-0.3, -0.25) is 38.4 Å². The van der Waals surface area contributed by atoms with Gasteiger partial charge in [0, 0.05) is 30.5 Å². The van der Waals surface area contributed by atoms with E-state index in [1.807, 2.05) is 6.26 Å². The van der Waals surface area contributed by atoms with Gasteiger partial charge in [-0.1, -0.05) is 46.2 Å². The number of aliphatic carboxylic acids is 1. The van der Waals surface area contributed by atoms with Crippen molar-refractivity contribution in [3.8, 4) is 5.75 Å². The van der Waals surface area contributed by atoms with Crippen LogP contribution in [0, 0.1) is 11.8 Å². The van der Waals surface area contributed by atoms with E-state index in [1.54, 1.807) is 39.8 Å². The highest BCUT2D eigenvalue weighted by Crippen LogP contribution is 2.14. The minimum atomic E-state index is -1.35. The van der Waals surface area contributed by atoms with Gasteiger partial charge in [-0.25, -0.2) is 9.78 Å². The summed E-state index contributed by atoms with van der Waals surface area (Å²) in [7, 11) is 0. The number of carbonyl (C=O) groups excluding carboxylic acids is 8. The zero-order valence-corrected chi connectivity index (χ0v) is 44.7. The van der Waals surface area contributed by atoms with Crippen LogP contribution in [0.2, 0.25) is 0 Å². The normalized spacial score (nSPS) is 14.8. The van der Waals surface area contributed by atoms with Gasteiger partial charge in [0.1, 0.15) is 48.0 Å². The molecule has 1 aromatic heterocycles. The lowest BCUT2D eigenvalue weighted by atomic mass is 9.97. The third-order valence-corrected chi connectivity index (χ3v) is 13.0. The summed E-state index contributed by atoms with van der Waals surface area (Å²) in [6.07, 6.45) is 7.25. The van der Waals surface area contributed by atoms with Crippen LogP contribution in [0.1, 0.15) is 90.3 Å². The van der Waals surface area contributed by atoms with Crippen LogP contribution in [0.3, 0.4) is 0 Å². The molecule has 1 aromatic carbocycles. The van der Waals surface area contributed by atoms with E-state index < -0.39 is 120 Å². The van der Waals surface area contributed by atoms with Gasteiger partial charge >= 0.3 is 5.97 Å². The average Bonchev–Trinajstić information content (AvgIpc) is 3.89. The molecule has 24 nitrogen and oxygen atoms in total. The zero-order chi connectivity index (χ0) is 55.3. The number of thioether (sulfide) groups is 1. The Morgan fingerprint density at radius 1 is 0.676 bits per heavy atom. The number of amides is 8. The number of H-pyrrole nitrogens is 1. The number of thiol groups is 1. The van der Waals surface area contributed by atoms with E-state index in [0.717, 1.165) is 0 Å². The number of nitrogens with zero attached hydrogens (tertiary/aromatic N) is 1. The number of unbranched alkanes of at least 4 members (excludes halogenated alkanes) is 2. The maximum absolute atomic E-state index is 14.0. The van der Waals surface area contributed by atoms with Crippen LogP contribution in [0.25, 0.3) is 0 Å². The monoisotopic (exact) mass is 1080 g/mol. The summed E-state index contributed by atoms with van der Waals surface area (Å²) < 4.78 is 0. The molecule has 0 radical (unpaired) electrons. The molecular weight excluding hydrogens is 999 g/mol. The van der Waals surface area contributed by atoms with E-state index in [2.05, 4.69) is 65.1 Å². The maximum Gasteiger partial charge on any atom is 0.326 e. The molecule has 17 N–H and O–H groups in total. The molecule has 0 unspecified atom stereocenters. The molecule has 26 heteroatoms. The van der Waals surface area contributed by atoms with Crippen molar-refractivity contribution in [1.82, 2.24) is 52.5 Å². The number of aromatic nitrogens is 2. The van der Waals surface area contributed by atoms with Crippen molar-refractivity contribution in [2.75, 3.05) is 37.4 Å². The standard InChI is InChI=1S/C48H79N13O11S2/c1-6-28(4)40(48(71)72)61-47(70)39(27(2)3)60-44(67)34(12-8-10-19-50)56-43(66)33(11-7-9-18-49)55-38(63)24-53-42(65)36(22-30-23-52-26-54-30)58-46(69)37(25-73)59-45(68)35(21-29-13-15-31(62)16-14-29)57-41(64)32(51)17-20-74-5/h13-16,23,26-28,32-37,39-40,62,73H,6-12,17-22,24-25,49-51H2,1-5H3,(H,52,54)(H,53,65)(H,55,63)(H,56,66)(H,57,64)(H,58,69)(H,59,68)(H,60,67)(H,61,70)(H,71,72)/t28-,32-,33-,34-,35-,36-,37-,39-,40-/m0/s1. The number of phenolic OH excluding ortho intramolecular Hbond substituents is 1. The molecule has 8 amide bonds. The topological polar surface area (TPSA) is 397 Å². The highest BCUT2D eigenvalue weighted by molar-refractivity contribution is 7.98. The number of carboxylic acids is 1. The fourth-order valence-corrected chi connectivity index (χ4v) is 8.09. The van der Waals surface area contributed by atoms with Crippen LogP contribution < -0.4 is 59.7 Å². The molecule has 0 aliphatic heterocycles. The van der Waals surface area contributed by atoms with Crippen molar-refractivity contribution in [2.24, 2.45) is 29.0 Å². The van der Waals surface area contributed by atoms with Crippen LogP contribution in [0.15, 0.2) is 36.8 Å². The van der Waals surface area contributed by atoms with Gasteiger partial charge in [-0.05, 0) is 99.6 Å². The lowest BCUT2D eigenvalue weighted by molar-refractivity contribution is -0.144. The summed E-state index contributed by atoms with van der Waals surface area (Å²) >= 11 is 5.78. The molecule has 0 fully saturated rings. The Morgan fingerprint density at radius 3 is 1.74 bits per heavy atom. The fourth-order valence-electron chi connectivity index (χ4n) is 7.34. The van der Waals surface area contributed by atoms with Crippen LogP contribution in [-0.2, 0) is 56.0 Å². The number of hydrogen-bond acceptors (Lipinski definition) is 16. The number of nitrogens with one attached hydrogen (secondary N) is 9. The van der Waals surface area contributed by atoms with Crippen molar-refractivity contribution < 1.29 is 53.4 Å². The summed E-state index contributed by atoms with van der Waals surface area (Å²) in [5.41, 5.74) is 18.5. The Labute approximate surface area is 442 Å².